The number of anilines is 1. The maximum Gasteiger partial charge on any atom is 0.240 e. The molecule has 1 aromatic rings. The Morgan fingerprint density at radius 2 is 2.56 bits per heavy atom. The van der Waals surface area contributed by atoms with E-state index >= 15 is 0 Å². The van der Waals surface area contributed by atoms with Gasteiger partial charge in [-0.05, 0) is 19.4 Å². The molecule has 2 N–H and O–H groups in total. The van der Waals surface area contributed by atoms with Crippen molar-refractivity contribution >= 4 is 22.4 Å². The molecule has 2 rings (SSSR count). The summed E-state index contributed by atoms with van der Waals surface area (Å²) in [4.78, 5) is 13.9. The average Bonchev–Trinajstić information content (AvgIpc) is 2.81. The van der Waals surface area contributed by atoms with Crippen molar-refractivity contribution in [2.24, 2.45) is 5.41 Å². The summed E-state index contributed by atoms with van der Waals surface area (Å²) in [6.45, 7) is 4.23. The second-order valence-corrected chi connectivity index (χ2v) is 5.91. The predicted octanol–water partition coefficient (Wildman–Crippen LogP) is 0.571. The van der Waals surface area contributed by atoms with Crippen LogP contribution in [-0.2, 0) is 4.79 Å². The molecule has 6 nitrogen and oxygen atoms in total. The molecule has 100 valence electrons. The van der Waals surface area contributed by atoms with E-state index in [2.05, 4.69) is 27.3 Å². The predicted molar refractivity (Wildman–Crippen MR) is 69.4 cm³/mol. The van der Waals surface area contributed by atoms with E-state index in [-0.39, 0.29) is 17.9 Å². The number of hydrogen-bond acceptors (Lipinski definition) is 6. The standard InChI is InChI=1S/C11H18N4O2S/c1-11(7-16)3-2-4-15(6-11)5-9(17)13-10-14-12-8-18-10/h8,16H,2-7H2,1H3,(H,13,14,17). The highest BCUT2D eigenvalue weighted by Gasteiger charge is 2.31. The Morgan fingerprint density at radius 3 is 3.22 bits per heavy atom. The molecule has 1 atom stereocenters. The van der Waals surface area contributed by atoms with E-state index in [1.807, 2.05) is 0 Å². The molecular formula is C11H18N4O2S. The molecule has 18 heavy (non-hydrogen) atoms. The zero-order valence-electron chi connectivity index (χ0n) is 10.4. The molecular weight excluding hydrogens is 252 g/mol. The number of aliphatic hydroxyl groups is 1. The lowest BCUT2D eigenvalue weighted by Gasteiger charge is -2.38. The van der Waals surface area contributed by atoms with Gasteiger partial charge in [0, 0.05) is 18.6 Å². The highest BCUT2D eigenvalue weighted by atomic mass is 32.1. The lowest BCUT2D eigenvalue weighted by molar-refractivity contribution is -0.118. The number of carbonyl (C=O) groups is 1. The first kappa shape index (κ1) is 13.4. The quantitative estimate of drug-likeness (QED) is 0.836. The van der Waals surface area contributed by atoms with Crippen molar-refractivity contribution in [1.82, 2.24) is 15.1 Å². The van der Waals surface area contributed by atoms with Gasteiger partial charge < -0.3 is 5.11 Å². The van der Waals surface area contributed by atoms with Gasteiger partial charge in [0.1, 0.15) is 5.51 Å². The zero-order chi connectivity index (χ0) is 13.0. The van der Waals surface area contributed by atoms with Crippen molar-refractivity contribution < 1.29 is 9.90 Å². The van der Waals surface area contributed by atoms with Gasteiger partial charge in [0.15, 0.2) is 0 Å². The van der Waals surface area contributed by atoms with Crippen LogP contribution in [-0.4, -0.2) is 52.4 Å². The number of aromatic nitrogens is 2. The summed E-state index contributed by atoms with van der Waals surface area (Å²) in [6, 6.07) is 0. The smallest absolute Gasteiger partial charge is 0.240 e. The highest BCUT2D eigenvalue weighted by molar-refractivity contribution is 7.13. The summed E-state index contributed by atoms with van der Waals surface area (Å²) >= 11 is 1.30. The second kappa shape index (κ2) is 5.73. The summed E-state index contributed by atoms with van der Waals surface area (Å²) < 4.78 is 0. The van der Waals surface area contributed by atoms with Crippen LogP contribution in [0.5, 0.6) is 0 Å². The molecule has 0 spiro atoms. The molecule has 1 fully saturated rings. The average molecular weight is 270 g/mol. The zero-order valence-corrected chi connectivity index (χ0v) is 11.2. The fraction of sp³-hybridized carbons (Fsp3) is 0.727. The van der Waals surface area contributed by atoms with E-state index < -0.39 is 0 Å². The van der Waals surface area contributed by atoms with E-state index in [9.17, 15) is 9.90 Å². The molecule has 1 unspecified atom stereocenters. The van der Waals surface area contributed by atoms with Crippen LogP contribution in [0.15, 0.2) is 5.51 Å². The first-order valence-corrected chi connectivity index (χ1v) is 6.88. The van der Waals surface area contributed by atoms with Gasteiger partial charge in [-0.15, -0.1) is 10.2 Å². The van der Waals surface area contributed by atoms with Crippen LogP contribution in [0.4, 0.5) is 5.13 Å². The van der Waals surface area contributed by atoms with Crippen LogP contribution < -0.4 is 5.32 Å². The minimum atomic E-state index is -0.0821. The van der Waals surface area contributed by atoms with E-state index in [4.69, 9.17) is 0 Å². The number of amides is 1. The van der Waals surface area contributed by atoms with E-state index in [1.54, 1.807) is 5.51 Å². The Kier molecular flexibility index (Phi) is 4.26. The lowest BCUT2D eigenvalue weighted by Crippen LogP contribution is -2.46. The van der Waals surface area contributed by atoms with Crippen LogP contribution in [0.2, 0.25) is 0 Å². The number of rotatable bonds is 4. The van der Waals surface area contributed by atoms with Crippen LogP contribution in [0.3, 0.4) is 0 Å². The third-order valence-corrected chi connectivity index (χ3v) is 3.82. The number of nitrogens with zero attached hydrogens (tertiary/aromatic N) is 3. The van der Waals surface area contributed by atoms with Gasteiger partial charge in [-0.3, -0.25) is 15.0 Å². The van der Waals surface area contributed by atoms with Gasteiger partial charge in [0.05, 0.1) is 6.54 Å². The molecule has 1 amide bonds. The summed E-state index contributed by atoms with van der Waals surface area (Å²) in [7, 11) is 0. The minimum Gasteiger partial charge on any atom is -0.396 e. The molecule has 1 saturated heterocycles. The van der Waals surface area contributed by atoms with Crippen molar-refractivity contribution in [3.05, 3.63) is 5.51 Å². The summed E-state index contributed by atoms with van der Waals surface area (Å²) in [5.41, 5.74) is 1.50. The Morgan fingerprint density at radius 1 is 1.72 bits per heavy atom. The van der Waals surface area contributed by atoms with Crippen LogP contribution >= 0.6 is 11.3 Å². The summed E-state index contributed by atoms with van der Waals surface area (Å²) in [6.07, 6.45) is 2.03. The van der Waals surface area contributed by atoms with Gasteiger partial charge >= 0.3 is 0 Å². The highest BCUT2D eigenvalue weighted by Crippen LogP contribution is 2.28. The molecule has 2 heterocycles. The number of carbonyl (C=O) groups excluding carboxylic acids is 1. The van der Waals surface area contributed by atoms with Crippen molar-refractivity contribution in [2.75, 3.05) is 31.6 Å². The minimum absolute atomic E-state index is 0.0751. The Hall–Kier alpha value is -1.05. The van der Waals surface area contributed by atoms with Crippen molar-refractivity contribution in [3.8, 4) is 0 Å². The number of hydrogen-bond donors (Lipinski definition) is 2. The van der Waals surface area contributed by atoms with E-state index in [0.29, 0.717) is 11.7 Å². The summed E-state index contributed by atoms with van der Waals surface area (Å²) in [5.74, 6) is -0.0751. The van der Waals surface area contributed by atoms with Crippen LogP contribution in [0.25, 0.3) is 0 Å². The number of likely N-dealkylation sites (tertiary alicyclic amines) is 1. The van der Waals surface area contributed by atoms with Crippen molar-refractivity contribution in [1.29, 1.82) is 0 Å². The van der Waals surface area contributed by atoms with Crippen LogP contribution in [0, 0.1) is 5.41 Å². The second-order valence-electron chi connectivity index (χ2n) is 5.08. The topological polar surface area (TPSA) is 78.4 Å². The molecule has 1 aromatic heterocycles. The molecule has 0 aliphatic carbocycles. The van der Waals surface area contributed by atoms with Gasteiger partial charge in [0.25, 0.3) is 0 Å². The Balaban J connectivity index is 1.84. The first-order valence-electron chi connectivity index (χ1n) is 6.00. The van der Waals surface area contributed by atoms with Crippen molar-refractivity contribution in [3.63, 3.8) is 0 Å². The Labute approximate surface area is 110 Å². The fourth-order valence-electron chi connectivity index (χ4n) is 2.28. The van der Waals surface area contributed by atoms with Gasteiger partial charge in [0.2, 0.25) is 11.0 Å². The fourth-order valence-corrected chi connectivity index (χ4v) is 2.74. The normalized spacial score (nSPS) is 25.0. The first-order chi connectivity index (χ1) is 8.61. The number of aliphatic hydroxyl groups excluding tert-OH is 1. The van der Waals surface area contributed by atoms with Gasteiger partial charge in [-0.2, -0.15) is 0 Å². The molecule has 7 heteroatoms. The lowest BCUT2D eigenvalue weighted by atomic mass is 9.83. The largest absolute Gasteiger partial charge is 0.396 e. The van der Waals surface area contributed by atoms with Gasteiger partial charge in [-0.25, -0.2) is 0 Å². The SMILES string of the molecule is CC1(CO)CCCN(CC(=O)Nc2nncs2)C1. The molecule has 0 aromatic carbocycles. The van der Waals surface area contributed by atoms with Gasteiger partial charge in [-0.1, -0.05) is 18.3 Å². The number of piperidine rings is 1. The van der Waals surface area contributed by atoms with Crippen LogP contribution in [0.1, 0.15) is 19.8 Å². The maximum atomic E-state index is 11.8. The monoisotopic (exact) mass is 270 g/mol. The van der Waals surface area contributed by atoms with E-state index in [1.165, 1.54) is 11.3 Å². The molecule has 0 saturated carbocycles. The maximum absolute atomic E-state index is 11.8. The van der Waals surface area contributed by atoms with Crippen molar-refractivity contribution in [2.45, 2.75) is 19.8 Å². The number of nitrogens with one attached hydrogen (secondary N) is 1. The molecule has 0 bridgehead atoms. The molecule has 0 radical (unpaired) electrons. The summed E-state index contributed by atoms with van der Waals surface area (Å²) in [5, 5.41) is 20.0. The molecule has 1 aliphatic heterocycles. The third kappa shape index (κ3) is 3.47. The molecule has 1 aliphatic rings. The Bertz CT molecular complexity index is 398. The van der Waals surface area contributed by atoms with E-state index in [0.717, 1.165) is 25.9 Å². The third-order valence-electron chi connectivity index (χ3n) is 3.22.